The molecule has 2 heterocycles. The second kappa shape index (κ2) is 6.15. The molecule has 3 rings (SSSR count). The maximum Gasteiger partial charge on any atom is 0.124 e. The highest BCUT2D eigenvalue weighted by Gasteiger charge is 2.22. The molecule has 1 aromatic carbocycles. The molecule has 4 heteroatoms. The summed E-state index contributed by atoms with van der Waals surface area (Å²) < 4.78 is 0. The fourth-order valence-electron chi connectivity index (χ4n) is 3.19. The lowest BCUT2D eigenvalue weighted by molar-refractivity contribution is 0.193. The van der Waals surface area contributed by atoms with Crippen LogP contribution < -0.4 is 0 Å². The number of halogens is 1. The number of H-pyrrole nitrogens is 1. The number of fused-ring (bicyclic) bond motifs is 1. The number of aromatic nitrogens is 2. The normalized spacial score (nSPS) is 19.1. The first kappa shape index (κ1) is 13.9. The molecular weight excluding hydrogens is 270 g/mol. The van der Waals surface area contributed by atoms with Crippen molar-refractivity contribution in [2.24, 2.45) is 0 Å². The van der Waals surface area contributed by atoms with Crippen LogP contribution in [0, 0.1) is 0 Å². The number of hydrogen-bond donors (Lipinski definition) is 1. The van der Waals surface area contributed by atoms with Gasteiger partial charge >= 0.3 is 0 Å². The van der Waals surface area contributed by atoms with Gasteiger partial charge in [0.05, 0.1) is 17.1 Å². The first-order valence-electron chi connectivity index (χ1n) is 7.67. The Morgan fingerprint density at radius 3 is 2.70 bits per heavy atom. The van der Waals surface area contributed by atoms with E-state index in [-0.39, 0.29) is 0 Å². The van der Waals surface area contributed by atoms with Gasteiger partial charge in [0, 0.05) is 5.02 Å². The maximum atomic E-state index is 6.05. The molecule has 0 radical (unpaired) electrons. The van der Waals surface area contributed by atoms with Gasteiger partial charge in [-0.05, 0) is 50.6 Å². The average Bonchev–Trinajstić information content (AvgIpc) is 2.67. The third-order valence-electron chi connectivity index (χ3n) is 4.25. The van der Waals surface area contributed by atoms with Gasteiger partial charge in [-0.2, -0.15) is 0 Å². The first-order valence-corrected chi connectivity index (χ1v) is 8.05. The molecule has 1 unspecified atom stereocenters. The van der Waals surface area contributed by atoms with E-state index in [1.54, 1.807) is 0 Å². The van der Waals surface area contributed by atoms with Crippen LogP contribution >= 0.6 is 11.6 Å². The number of aromatic amines is 1. The fourth-order valence-corrected chi connectivity index (χ4v) is 3.36. The van der Waals surface area contributed by atoms with Crippen molar-refractivity contribution in [3.8, 4) is 0 Å². The van der Waals surface area contributed by atoms with E-state index < -0.39 is 0 Å². The van der Waals surface area contributed by atoms with Crippen molar-refractivity contribution in [1.82, 2.24) is 14.9 Å². The molecule has 1 fully saturated rings. The van der Waals surface area contributed by atoms with E-state index >= 15 is 0 Å². The van der Waals surface area contributed by atoms with E-state index in [2.05, 4.69) is 16.8 Å². The molecular formula is C16H22ClN3. The van der Waals surface area contributed by atoms with Crippen LogP contribution in [0.5, 0.6) is 0 Å². The Morgan fingerprint density at radius 2 is 2.00 bits per heavy atom. The summed E-state index contributed by atoms with van der Waals surface area (Å²) in [5.74, 6) is 1.09. The van der Waals surface area contributed by atoms with Gasteiger partial charge < -0.3 is 4.98 Å². The minimum atomic E-state index is 0.402. The van der Waals surface area contributed by atoms with Crippen LogP contribution in [0.25, 0.3) is 11.0 Å². The fraction of sp³-hybridized carbons (Fsp3) is 0.562. The number of likely N-dealkylation sites (tertiary alicyclic amines) is 1. The molecule has 0 aliphatic carbocycles. The molecule has 0 saturated carbocycles. The van der Waals surface area contributed by atoms with Crippen molar-refractivity contribution in [2.75, 3.05) is 13.1 Å². The predicted molar refractivity (Wildman–Crippen MR) is 84.2 cm³/mol. The number of rotatable bonds is 3. The van der Waals surface area contributed by atoms with Crippen molar-refractivity contribution in [2.45, 2.75) is 45.1 Å². The van der Waals surface area contributed by atoms with Crippen LogP contribution in [-0.2, 0) is 0 Å². The quantitative estimate of drug-likeness (QED) is 0.900. The Balaban J connectivity index is 1.89. The van der Waals surface area contributed by atoms with Crippen LogP contribution in [0.2, 0.25) is 5.02 Å². The second-order valence-corrected chi connectivity index (χ2v) is 6.09. The molecule has 0 spiro atoms. The lowest BCUT2D eigenvalue weighted by Gasteiger charge is -2.28. The lowest BCUT2D eigenvalue weighted by Crippen LogP contribution is -2.30. The molecule has 20 heavy (non-hydrogen) atoms. The number of hydrogen-bond acceptors (Lipinski definition) is 2. The lowest BCUT2D eigenvalue weighted by atomic mass is 10.1. The van der Waals surface area contributed by atoms with Crippen LogP contribution in [0.3, 0.4) is 0 Å². The summed E-state index contributed by atoms with van der Waals surface area (Å²) >= 11 is 6.05. The van der Waals surface area contributed by atoms with E-state index in [9.17, 15) is 0 Å². The summed E-state index contributed by atoms with van der Waals surface area (Å²) in [6.07, 6.45) is 6.43. The number of imidazole rings is 1. The molecule has 3 nitrogen and oxygen atoms in total. The minimum absolute atomic E-state index is 0.402. The molecule has 1 N–H and O–H groups in total. The predicted octanol–water partition coefficient (Wildman–Crippen LogP) is 4.54. The smallest absolute Gasteiger partial charge is 0.124 e. The molecule has 1 aliphatic heterocycles. The molecule has 2 aromatic rings. The summed E-state index contributed by atoms with van der Waals surface area (Å²) in [4.78, 5) is 10.8. The van der Waals surface area contributed by atoms with Gasteiger partial charge in [0.25, 0.3) is 0 Å². The number of nitrogens with one attached hydrogen (secondary N) is 1. The van der Waals surface area contributed by atoms with Gasteiger partial charge in [-0.3, -0.25) is 4.90 Å². The zero-order valence-electron chi connectivity index (χ0n) is 12.0. The SMILES string of the molecule is CCC(c1nc2ccc(Cl)cc2[nH]1)N1CCCCCC1. The summed E-state index contributed by atoms with van der Waals surface area (Å²) in [6.45, 7) is 4.63. The van der Waals surface area contributed by atoms with Gasteiger partial charge in [-0.15, -0.1) is 0 Å². The number of benzene rings is 1. The van der Waals surface area contributed by atoms with Crippen molar-refractivity contribution in [1.29, 1.82) is 0 Å². The highest BCUT2D eigenvalue weighted by Crippen LogP contribution is 2.27. The maximum absolute atomic E-state index is 6.05. The van der Waals surface area contributed by atoms with E-state index in [4.69, 9.17) is 16.6 Å². The van der Waals surface area contributed by atoms with Crippen LogP contribution in [0.15, 0.2) is 18.2 Å². The Morgan fingerprint density at radius 1 is 1.25 bits per heavy atom. The van der Waals surface area contributed by atoms with Crippen molar-refractivity contribution in [3.05, 3.63) is 29.0 Å². The van der Waals surface area contributed by atoms with Crippen LogP contribution in [0.4, 0.5) is 0 Å². The van der Waals surface area contributed by atoms with Gasteiger partial charge in [0.15, 0.2) is 0 Å². The third-order valence-corrected chi connectivity index (χ3v) is 4.48. The monoisotopic (exact) mass is 291 g/mol. The van der Waals surface area contributed by atoms with Crippen molar-refractivity contribution in [3.63, 3.8) is 0 Å². The molecule has 1 atom stereocenters. The molecule has 0 bridgehead atoms. The van der Waals surface area contributed by atoms with Crippen LogP contribution in [-0.4, -0.2) is 28.0 Å². The van der Waals surface area contributed by atoms with Gasteiger partial charge in [-0.25, -0.2) is 4.98 Å². The minimum Gasteiger partial charge on any atom is -0.341 e. The largest absolute Gasteiger partial charge is 0.341 e. The summed E-state index contributed by atoms with van der Waals surface area (Å²) in [7, 11) is 0. The van der Waals surface area contributed by atoms with Crippen LogP contribution in [0.1, 0.15) is 50.9 Å². The molecule has 1 aromatic heterocycles. The van der Waals surface area contributed by atoms with E-state index in [0.717, 1.165) is 28.3 Å². The molecule has 0 amide bonds. The summed E-state index contributed by atoms with van der Waals surface area (Å²) in [5, 5.41) is 0.760. The van der Waals surface area contributed by atoms with E-state index in [0.29, 0.717) is 6.04 Å². The second-order valence-electron chi connectivity index (χ2n) is 5.66. The summed E-state index contributed by atoms with van der Waals surface area (Å²) in [5.41, 5.74) is 2.05. The Labute approximate surface area is 125 Å². The first-order chi connectivity index (χ1) is 9.78. The highest BCUT2D eigenvalue weighted by atomic mass is 35.5. The van der Waals surface area contributed by atoms with Gasteiger partial charge in [0.2, 0.25) is 0 Å². The highest BCUT2D eigenvalue weighted by molar-refractivity contribution is 6.31. The van der Waals surface area contributed by atoms with Gasteiger partial charge in [0.1, 0.15) is 5.82 Å². The van der Waals surface area contributed by atoms with Crippen molar-refractivity contribution >= 4 is 22.6 Å². The molecule has 1 saturated heterocycles. The van der Waals surface area contributed by atoms with Crippen molar-refractivity contribution < 1.29 is 0 Å². The Kier molecular flexibility index (Phi) is 4.27. The topological polar surface area (TPSA) is 31.9 Å². The zero-order chi connectivity index (χ0) is 13.9. The van der Waals surface area contributed by atoms with E-state index in [1.807, 2.05) is 18.2 Å². The molecule has 108 valence electrons. The van der Waals surface area contributed by atoms with E-state index in [1.165, 1.54) is 38.8 Å². The zero-order valence-corrected chi connectivity index (χ0v) is 12.8. The third kappa shape index (κ3) is 2.84. The molecule has 1 aliphatic rings. The number of nitrogens with zero attached hydrogens (tertiary/aromatic N) is 2. The Bertz CT molecular complexity index is 570. The van der Waals surface area contributed by atoms with Gasteiger partial charge in [-0.1, -0.05) is 31.4 Å². The Hall–Kier alpha value is -1.06. The standard InChI is InChI=1S/C16H22ClN3/c1-2-15(20-9-5-3-4-6-10-20)16-18-13-8-7-12(17)11-14(13)19-16/h7-8,11,15H,2-6,9-10H2,1H3,(H,18,19). The summed E-state index contributed by atoms with van der Waals surface area (Å²) in [6, 6.07) is 6.26. The average molecular weight is 292 g/mol.